The Morgan fingerprint density at radius 1 is 1.00 bits per heavy atom. The van der Waals surface area contributed by atoms with Crippen molar-refractivity contribution >= 4 is 22.6 Å². The lowest BCUT2D eigenvalue weighted by molar-refractivity contribution is -0.144. The summed E-state index contributed by atoms with van der Waals surface area (Å²) in [7, 11) is -2.44. The molecule has 172 valence electrons. The molecule has 0 fully saturated rings. The molecule has 0 aliphatic heterocycles. The molecule has 0 aliphatic carbocycles. The van der Waals surface area contributed by atoms with E-state index in [0.29, 0.717) is 13.2 Å². The zero-order chi connectivity index (χ0) is 23.4. The minimum atomic E-state index is -1.95. The predicted molar refractivity (Wildman–Crippen MR) is 130 cm³/mol. The van der Waals surface area contributed by atoms with Crippen LogP contribution in [0.2, 0.25) is 36.3 Å². The molecular weight excluding hydrogens is 410 g/mol. The highest BCUT2D eigenvalue weighted by Gasteiger charge is 2.39. The molecular formula is C23H43NO4Si2. The first-order valence-electron chi connectivity index (χ1n) is 10.7. The number of esters is 1. The first-order chi connectivity index (χ1) is 13.5. The summed E-state index contributed by atoms with van der Waals surface area (Å²) < 4.78 is 17.7. The van der Waals surface area contributed by atoms with Gasteiger partial charge in [0.05, 0.1) is 13.7 Å². The van der Waals surface area contributed by atoms with Gasteiger partial charge in [0.2, 0.25) is 8.32 Å². The second kappa shape index (κ2) is 9.98. The van der Waals surface area contributed by atoms with Crippen molar-refractivity contribution in [3.63, 3.8) is 0 Å². The van der Waals surface area contributed by atoms with E-state index in [9.17, 15) is 4.79 Å². The molecule has 0 spiro atoms. The van der Waals surface area contributed by atoms with E-state index < -0.39 is 22.7 Å². The normalized spacial score (nSPS) is 14.4. The highest BCUT2D eigenvalue weighted by Crippen LogP contribution is 2.38. The summed E-state index contributed by atoms with van der Waals surface area (Å²) >= 11 is 0. The van der Waals surface area contributed by atoms with Gasteiger partial charge in [-0.15, -0.1) is 0 Å². The molecule has 0 radical (unpaired) electrons. The van der Waals surface area contributed by atoms with Crippen molar-refractivity contribution in [2.45, 2.75) is 90.4 Å². The smallest absolute Gasteiger partial charge is 0.325 e. The Labute approximate surface area is 186 Å². The first-order valence-corrected chi connectivity index (χ1v) is 16.5. The topological polar surface area (TPSA) is 56.8 Å². The molecule has 1 N–H and O–H groups in total. The molecule has 30 heavy (non-hydrogen) atoms. The van der Waals surface area contributed by atoms with Crippen molar-refractivity contribution in [1.29, 1.82) is 0 Å². The van der Waals surface area contributed by atoms with E-state index in [1.165, 1.54) is 7.11 Å². The molecule has 0 heterocycles. The van der Waals surface area contributed by atoms with E-state index in [2.05, 4.69) is 79.1 Å². The molecule has 1 atom stereocenters. The molecule has 5 nitrogen and oxygen atoms in total. The number of methoxy groups -OCH3 is 1. The van der Waals surface area contributed by atoms with Crippen LogP contribution in [0.15, 0.2) is 24.3 Å². The summed E-state index contributed by atoms with van der Waals surface area (Å²) in [6.07, 6.45) is 0. The summed E-state index contributed by atoms with van der Waals surface area (Å²) in [5.41, 5.74) is 1.06. The monoisotopic (exact) mass is 453 g/mol. The van der Waals surface area contributed by atoms with Crippen LogP contribution in [0, 0.1) is 0 Å². The SMILES string of the molecule is COC(=O)[C@H](CO[Si](C)(C)C(C)(C)C)NCc1cccc(O[Si](C)(C)C(C)(C)C)c1. The molecule has 0 aromatic heterocycles. The fraction of sp³-hybridized carbons (Fsp3) is 0.696. The maximum Gasteiger partial charge on any atom is 0.325 e. The van der Waals surface area contributed by atoms with Crippen LogP contribution >= 0.6 is 0 Å². The van der Waals surface area contributed by atoms with Crippen molar-refractivity contribution < 1.29 is 18.4 Å². The van der Waals surface area contributed by atoms with Crippen LogP contribution in [0.4, 0.5) is 0 Å². The van der Waals surface area contributed by atoms with Crippen LogP contribution in [0.5, 0.6) is 5.75 Å². The molecule has 1 aromatic carbocycles. The van der Waals surface area contributed by atoms with Crippen LogP contribution in [0.3, 0.4) is 0 Å². The summed E-state index contributed by atoms with van der Waals surface area (Å²) in [5.74, 6) is 0.579. The Bertz CT molecular complexity index is 706. The van der Waals surface area contributed by atoms with Crippen LogP contribution in [0.25, 0.3) is 0 Å². The van der Waals surface area contributed by atoms with Gasteiger partial charge in [-0.05, 0) is 54.0 Å². The molecule has 0 bridgehead atoms. The lowest BCUT2D eigenvalue weighted by atomic mass is 10.2. The maximum atomic E-state index is 12.3. The summed E-state index contributed by atoms with van der Waals surface area (Å²) in [4.78, 5) is 12.3. The fourth-order valence-corrected chi connectivity index (χ4v) is 4.31. The number of ether oxygens (including phenoxy) is 1. The number of carbonyl (C=O) groups excluding carboxylic acids is 1. The zero-order valence-electron chi connectivity index (χ0n) is 20.9. The van der Waals surface area contributed by atoms with E-state index in [1.54, 1.807) is 0 Å². The summed E-state index contributed by atoms with van der Waals surface area (Å²) in [6, 6.07) is 7.58. The summed E-state index contributed by atoms with van der Waals surface area (Å²) in [6.45, 7) is 22.9. The second-order valence-corrected chi connectivity index (χ2v) is 20.6. The standard InChI is InChI=1S/C23H43NO4Si2/c1-22(2,3)29(8,9)27-17-20(21(25)26-7)24-16-18-13-12-14-19(15-18)28-30(10,11)23(4,5)6/h12-15,20,24H,16-17H2,1-11H3/t20-/m0/s1. The van der Waals surface area contributed by atoms with E-state index in [1.807, 2.05) is 18.2 Å². The predicted octanol–water partition coefficient (Wildman–Crippen LogP) is 5.72. The van der Waals surface area contributed by atoms with Gasteiger partial charge in [0, 0.05) is 6.54 Å². The van der Waals surface area contributed by atoms with E-state index >= 15 is 0 Å². The minimum absolute atomic E-state index is 0.0864. The third-order valence-corrected chi connectivity index (χ3v) is 15.4. The van der Waals surface area contributed by atoms with Crippen molar-refractivity contribution in [3.8, 4) is 5.75 Å². The third kappa shape index (κ3) is 7.52. The summed E-state index contributed by atoms with van der Waals surface area (Å²) in [5, 5.41) is 3.53. The molecule has 0 saturated heterocycles. The van der Waals surface area contributed by atoms with E-state index in [4.69, 9.17) is 13.6 Å². The Morgan fingerprint density at radius 3 is 2.07 bits per heavy atom. The first kappa shape index (κ1) is 26.9. The molecule has 0 saturated carbocycles. The van der Waals surface area contributed by atoms with Crippen molar-refractivity contribution in [2.75, 3.05) is 13.7 Å². The van der Waals surface area contributed by atoms with Crippen molar-refractivity contribution in [3.05, 3.63) is 29.8 Å². The Balaban J connectivity index is 2.84. The van der Waals surface area contributed by atoms with E-state index in [0.717, 1.165) is 11.3 Å². The Morgan fingerprint density at radius 2 is 1.57 bits per heavy atom. The molecule has 0 unspecified atom stereocenters. The Hall–Kier alpha value is -1.16. The van der Waals surface area contributed by atoms with Crippen LogP contribution in [-0.4, -0.2) is 42.4 Å². The van der Waals surface area contributed by atoms with Crippen molar-refractivity contribution in [1.82, 2.24) is 5.32 Å². The zero-order valence-corrected chi connectivity index (χ0v) is 22.9. The number of rotatable bonds is 9. The lowest BCUT2D eigenvalue weighted by Gasteiger charge is -2.37. The second-order valence-electron chi connectivity index (χ2n) is 11.0. The van der Waals surface area contributed by atoms with Crippen molar-refractivity contribution in [2.24, 2.45) is 0 Å². The van der Waals surface area contributed by atoms with Gasteiger partial charge in [0.1, 0.15) is 11.8 Å². The number of hydrogen-bond donors (Lipinski definition) is 1. The van der Waals surface area contributed by atoms with Crippen LogP contribution in [-0.2, 0) is 20.5 Å². The van der Waals surface area contributed by atoms with Gasteiger partial charge in [-0.2, -0.15) is 0 Å². The molecule has 0 amide bonds. The lowest BCUT2D eigenvalue weighted by Crippen LogP contribution is -2.48. The van der Waals surface area contributed by atoms with Gasteiger partial charge in [0.15, 0.2) is 8.32 Å². The number of benzene rings is 1. The van der Waals surface area contributed by atoms with Gasteiger partial charge in [-0.25, -0.2) is 0 Å². The minimum Gasteiger partial charge on any atom is -0.543 e. The van der Waals surface area contributed by atoms with Crippen LogP contribution < -0.4 is 9.74 Å². The fourth-order valence-electron chi connectivity index (χ4n) is 2.27. The average molecular weight is 454 g/mol. The third-order valence-electron chi connectivity index (χ3n) is 6.53. The number of nitrogens with one attached hydrogen (secondary N) is 1. The average Bonchev–Trinajstić information content (AvgIpc) is 2.59. The highest BCUT2D eigenvalue weighted by molar-refractivity contribution is 6.75. The van der Waals surface area contributed by atoms with Gasteiger partial charge >= 0.3 is 5.97 Å². The largest absolute Gasteiger partial charge is 0.543 e. The Kier molecular flexibility index (Phi) is 8.94. The maximum absolute atomic E-state index is 12.3. The highest BCUT2D eigenvalue weighted by atomic mass is 28.4. The molecule has 1 aromatic rings. The van der Waals surface area contributed by atoms with Gasteiger partial charge in [-0.3, -0.25) is 10.1 Å². The van der Waals surface area contributed by atoms with Gasteiger partial charge in [0.25, 0.3) is 0 Å². The number of hydrogen-bond acceptors (Lipinski definition) is 5. The molecule has 1 rings (SSSR count). The molecule has 0 aliphatic rings. The quantitative estimate of drug-likeness (QED) is 0.382. The number of carbonyl (C=O) groups is 1. The van der Waals surface area contributed by atoms with Gasteiger partial charge in [-0.1, -0.05) is 53.7 Å². The van der Waals surface area contributed by atoms with E-state index in [-0.39, 0.29) is 16.0 Å². The van der Waals surface area contributed by atoms with Gasteiger partial charge < -0.3 is 13.6 Å². The molecule has 7 heteroatoms. The van der Waals surface area contributed by atoms with Crippen LogP contribution in [0.1, 0.15) is 47.1 Å².